The molecule has 0 saturated carbocycles. The topological polar surface area (TPSA) is 74.7 Å². The predicted octanol–water partition coefficient (Wildman–Crippen LogP) is 3.29. The zero-order valence-corrected chi connectivity index (χ0v) is 20.7. The molecule has 2 amide bonds. The number of hydrogen-bond acceptors (Lipinski definition) is 4. The van der Waals surface area contributed by atoms with Gasteiger partial charge in [0.2, 0.25) is 5.43 Å². The van der Waals surface area contributed by atoms with Crippen LogP contribution in [0.25, 0.3) is 6.08 Å². The lowest BCUT2D eigenvalue weighted by molar-refractivity contribution is 0.0648. The molecule has 1 aliphatic rings. The molecule has 1 aromatic heterocycles. The van der Waals surface area contributed by atoms with Crippen LogP contribution in [0.4, 0.5) is 0 Å². The molecular weight excluding hydrogens is 428 g/mol. The molecule has 1 aliphatic heterocycles. The Morgan fingerprint density at radius 1 is 0.971 bits per heavy atom. The number of rotatable bonds is 8. The van der Waals surface area contributed by atoms with Crippen LogP contribution < -0.4 is 10.7 Å². The van der Waals surface area contributed by atoms with Gasteiger partial charge < -0.3 is 14.8 Å². The van der Waals surface area contributed by atoms with Gasteiger partial charge in [0.1, 0.15) is 11.1 Å². The first kappa shape index (κ1) is 25.4. The highest BCUT2D eigenvalue weighted by molar-refractivity contribution is 5.99. The summed E-state index contributed by atoms with van der Waals surface area (Å²) in [5, 5.41) is 2.80. The molecule has 3 rings (SSSR count). The molecule has 1 N–H and O–H groups in total. The van der Waals surface area contributed by atoms with Crippen LogP contribution in [-0.4, -0.2) is 65.4 Å². The minimum absolute atomic E-state index is 0.0112. The first-order valence-corrected chi connectivity index (χ1v) is 12.0. The number of aromatic nitrogens is 1. The minimum Gasteiger partial charge on any atom is -0.352 e. The fraction of sp³-hybridized carbons (Fsp3) is 0.444. The van der Waals surface area contributed by atoms with Gasteiger partial charge >= 0.3 is 0 Å². The molecule has 0 atom stereocenters. The molecule has 0 radical (unpaired) electrons. The zero-order valence-electron chi connectivity index (χ0n) is 20.7. The maximum atomic E-state index is 13.3. The maximum Gasteiger partial charge on any atom is 0.259 e. The van der Waals surface area contributed by atoms with E-state index in [1.165, 1.54) is 0 Å². The molecule has 7 nitrogen and oxygen atoms in total. The third kappa shape index (κ3) is 6.67. The number of nitrogens with zero attached hydrogens (tertiary/aromatic N) is 3. The third-order valence-corrected chi connectivity index (χ3v) is 5.92. The Bertz CT molecular complexity index is 1070. The van der Waals surface area contributed by atoms with Gasteiger partial charge in [-0.25, -0.2) is 0 Å². The second-order valence-corrected chi connectivity index (χ2v) is 9.47. The number of pyridine rings is 1. The summed E-state index contributed by atoms with van der Waals surface area (Å²) in [4.78, 5) is 43.1. The van der Waals surface area contributed by atoms with Gasteiger partial charge in [-0.1, -0.05) is 56.3 Å². The normalized spacial score (nSPS) is 14.8. The zero-order chi connectivity index (χ0) is 24.7. The first-order chi connectivity index (χ1) is 16.3. The second-order valence-electron chi connectivity index (χ2n) is 9.47. The molecule has 7 heteroatoms. The predicted molar refractivity (Wildman–Crippen MR) is 136 cm³/mol. The van der Waals surface area contributed by atoms with Crippen molar-refractivity contribution in [1.82, 2.24) is 19.7 Å². The van der Waals surface area contributed by atoms with Crippen LogP contribution in [0.5, 0.6) is 0 Å². The molecule has 2 aromatic rings. The molecule has 0 aliphatic carbocycles. The highest BCUT2D eigenvalue weighted by atomic mass is 16.2. The van der Waals surface area contributed by atoms with Crippen LogP contribution >= 0.6 is 0 Å². The average molecular weight is 465 g/mol. The lowest BCUT2D eigenvalue weighted by Gasteiger charge is -2.34. The molecule has 0 unspecified atom stereocenters. The fourth-order valence-electron chi connectivity index (χ4n) is 3.81. The molecule has 1 aromatic carbocycles. The highest BCUT2D eigenvalue weighted by Gasteiger charge is 2.26. The van der Waals surface area contributed by atoms with Crippen molar-refractivity contribution in [2.24, 2.45) is 5.92 Å². The molecular formula is C27H36N4O3. The van der Waals surface area contributed by atoms with E-state index in [0.29, 0.717) is 19.6 Å². The Labute approximate surface area is 202 Å². The quantitative estimate of drug-likeness (QED) is 0.651. The van der Waals surface area contributed by atoms with Gasteiger partial charge in [0.25, 0.3) is 11.8 Å². The third-order valence-electron chi connectivity index (χ3n) is 5.92. The molecule has 1 saturated heterocycles. The average Bonchev–Trinajstić information content (AvgIpc) is 2.83. The van der Waals surface area contributed by atoms with E-state index in [-0.39, 0.29) is 29.0 Å². The van der Waals surface area contributed by atoms with E-state index < -0.39 is 11.3 Å². The SMILES string of the molecule is CC(C)CNC(=O)c1cn(C(C)C)cc(C(=O)N2CCN(C/C=C/c3ccccc3)CC2)c1=O. The fourth-order valence-corrected chi connectivity index (χ4v) is 3.81. The van der Waals surface area contributed by atoms with Gasteiger partial charge in [-0.05, 0) is 25.3 Å². The van der Waals surface area contributed by atoms with Crippen LogP contribution in [0.1, 0.15) is 60.0 Å². The second kappa shape index (κ2) is 11.8. The number of carbonyl (C=O) groups is 2. The van der Waals surface area contributed by atoms with E-state index in [1.807, 2.05) is 45.9 Å². The summed E-state index contributed by atoms with van der Waals surface area (Å²) in [6.45, 7) is 11.7. The Balaban J connectivity index is 1.68. The lowest BCUT2D eigenvalue weighted by Crippen LogP contribution is -2.49. The van der Waals surface area contributed by atoms with Crippen molar-refractivity contribution in [3.63, 3.8) is 0 Å². The van der Waals surface area contributed by atoms with E-state index in [4.69, 9.17) is 0 Å². The number of amides is 2. The van der Waals surface area contributed by atoms with Crippen LogP contribution in [0, 0.1) is 5.92 Å². The van der Waals surface area contributed by atoms with Crippen molar-refractivity contribution in [2.75, 3.05) is 39.3 Å². The number of carbonyl (C=O) groups excluding carboxylic acids is 2. The number of nitrogens with one attached hydrogen (secondary N) is 1. The van der Waals surface area contributed by atoms with Gasteiger partial charge in [0.15, 0.2) is 0 Å². The van der Waals surface area contributed by atoms with E-state index in [0.717, 1.165) is 25.2 Å². The van der Waals surface area contributed by atoms with Crippen molar-refractivity contribution in [2.45, 2.75) is 33.7 Å². The van der Waals surface area contributed by atoms with Gasteiger partial charge in [0, 0.05) is 57.7 Å². The van der Waals surface area contributed by atoms with Crippen LogP contribution in [0.2, 0.25) is 0 Å². The molecule has 182 valence electrons. The minimum atomic E-state index is -0.503. The van der Waals surface area contributed by atoms with Gasteiger partial charge in [0.05, 0.1) is 0 Å². The summed E-state index contributed by atoms with van der Waals surface area (Å²) in [6.07, 6.45) is 7.37. The standard InChI is InChI=1S/C27H36N4O3/c1-20(2)17-28-26(33)23-18-31(21(3)4)19-24(25(23)32)27(34)30-15-13-29(14-16-30)12-8-11-22-9-6-5-7-10-22/h5-11,18-21H,12-17H2,1-4H3,(H,28,33)/b11-8+. The van der Waals surface area contributed by atoms with Crippen LogP contribution in [0.3, 0.4) is 0 Å². The van der Waals surface area contributed by atoms with Crippen molar-refractivity contribution in [3.8, 4) is 0 Å². The molecule has 34 heavy (non-hydrogen) atoms. The Morgan fingerprint density at radius 2 is 1.62 bits per heavy atom. The van der Waals surface area contributed by atoms with Crippen molar-refractivity contribution < 1.29 is 9.59 Å². The van der Waals surface area contributed by atoms with E-state index in [2.05, 4.69) is 34.5 Å². The van der Waals surface area contributed by atoms with E-state index in [1.54, 1.807) is 21.9 Å². The molecule has 0 spiro atoms. The van der Waals surface area contributed by atoms with Crippen LogP contribution in [-0.2, 0) is 0 Å². The van der Waals surface area contributed by atoms with Crippen molar-refractivity contribution in [1.29, 1.82) is 0 Å². The van der Waals surface area contributed by atoms with E-state index >= 15 is 0 Å². The molecule has 0 bridgehead atoms. The van der Waals surface area contributed by atoms with Gasteiger partial charge in [-0.15, -0.1) is 0 Å². The Hall–Kier alpha value is -3.19. The maximum absolute atomic E-state index is 13.3. The number of hydrogen-bond donors (Lipinski definition) is 1. The van der Waals surface area contributed by atoms with Crippen LogP contribution in [0.15, 0.2) is 53.6 Å². The summed E-state index contributed by atoms with van der Waals surface area (Å²) < 4.78 is 1.77. The smallest absolute Gasteiger partial charge is 0.259 e. The Kier molecular flexibility index (Phi) is 8.82. The highest BCUT2D eigenvalue weighted by Crippen LogP contribution is 2.12. The van der Waals surface area contributed by atoms with Crippen molar-refractivity contribution in [3.05, 3.63) is 75.7 Å². The van der Waals surface area contributed by atoms with Gasteiger partial charge in [-0.2, -0.15) is 0 Å². The largest absolute Gasteiger partial charge is 0.352 e. The number of benzene rings is 1. The lowest BCUT2D eigenvalue weighted by atomic mass is 10.1. The molecule has 1 fully saturated rings. The summed E-state index contributed by atoms with van der Waals surface area (Å²) in [5.74, 6) is -0.477. The van der Waals surface area contributed by atoms with Crippen molar-refractivity contribution >= 4 is 17.9 Å². The summed E-state index contributed by atoms with van der Waals surface area (Å²) in [6, 6.07) is 10.2. The summed E-state index contributed by atoms with van der Waals surface area (Å²) in [7, 11) is 0. The monoisotopic (exact) mass is 464 g/mol. The molecule has 2 heterocycles. The number of piperazine rings is 1. The summed E-state index contributed by atoms with van der Waals surface area (Å²) in [5.41, 5.74) is 0.736. The first-order valence-electron chi connectivity index (χ1n) is 12.0. The summed E-state index contributed by atoms with van der Waals surface area (Å²) >= 11 is 0. The Morgan fingerprint density at radius 3 is 2.24 bits per heavy atom. The van der Waals surface area contributed by atoms with E-state index in [9.17, 15) is 14.4 Å². The van der Waals surface area contributed by atoms with Gasteiger partial charge in [-0.3, -0.25) is 19.3 Å².